The zero-order chi connectivity index (χ0) is 13.0. The summed E-state index contributed by atoms with van der Waals surface area (Å²) in [5.74, 6) is 0. The Labute approximate surface area is 92.9 Å². The summed E-state index contributed by atoms with van der Waals surface area (Å²) in [5.41, 5.74) is -1.41. The predicted octanol–water partition coefficient (Wildman–Crippen LogP) is -1.38. The molecule has 0 spiro atoms. The molecule has 0 atom stereocenters. The van der Waals surface area contributed by atoms with Crippen LogP contribution in [0.3, 0.4) is 0 Å². The maximum Gasteiger partial charge on any atom is 0.397 e. The van der Waals surface area contributed by atoms with Crippen LogP contribution in [0.2, 0.25) is 0 Å². The van der Waals surface area contributed by atoms with Crippen molar-refractivity contribution in [2.45, 2.75) is 6.92 Å². The van der Waals surface area contributed by atoms with Crippen LogP contribution in [0.15, 0.2) is 0 Å². The lowest BCUT2D eigenvalue weighted by atomic mass is 9.95. The van der Waals surface area contributed by atoms with E-state index in [0.717, 1.165) is 0 Å². The predicted molar refractivity (Wildman–Crippen MR) is 50.2 cm³/mol. The summed E-state index contributed by atoms with van der Waals surface area (Å²) < 4.78 is 65.4. The lowest BCUT2D eigenvalue weighted by Gasteiger charge is -2.24. The topological polar surface area (TPSA) is 147 Å². The van der Waals surface area contributed by atoms with Gasteiger partial charge < -0.3 is 5.11 Å². The normalized spacial score (nSPS) is 14.0. The molecule has 0 amide bonds. The van der Waals surface area contributed by atoms with E-state index in [9.17, 15) is 16.8 Å². The van der Waals surface area contributed by atoms with Crippen molar-refractivity contribution >= 4 is 20.8 Å². The van der Waals surface area contributed by atoms with Gasteiger partial charge in [-0.05, 0) is 0 Å². The fraction of sp³-hybridized carbons (Fsp3) is 1.00. The van der Waals surface area contributed by atoms with E-state index >= 15 is 0 Å². The van der Waals surface area contributed by atoms with Gasteiger partial charge in [0.25, 0.3) is 0 Å². The average molecular weight is 280 g/mol. The molecule has 3 N–H and O–H groups in total. The van der Waals surface area contributed by atoms with Crippen molar-refractivity contribution < 1.29 is 39.4 Å². The highest BCUT2D eigenvalue weighted by atomic mass is 32.3. The minimum Gasteiger partial charge on any atom is -0.396 e. The second kappa shape index (κ2) is 5.35. The van der Waals surface area contributed by atoms with E-state index in [1.807, 2.05) is 0 Å². The summed E-state index contributed by atoms with van der Waals surface area (Å²) in [6.45, 7) is -0.878. The van der Waals surface area contributed by atoms with Crippen LogP contribution < -0.4 is 0 Å². The lowest BCUT2D eigenvalue weighted by Crippen LogP contribution is -2.34. The first-order valence-electron chi connectivity index (χ1n) is 3.82. The Hall–Kier alpha value is -0.300. The number of aliphatic hydroxyl groups excluding tert-OH is 1. The van der Waals surface area contributed by atoms with Gasteiger partial charge in [-0.15, -0.1) is 0 Å². The molecule has 0 radical (unpaired) electrons. The molecule has 0 aliphatic carbocycles. The minimum atomic E-state index is -4.70. The molecule has 16 heavy (non-hydrogen) atoms. The average Bonchev–Trinajstić information content (AvgIpc) is 2.09. The molecule has 0 saturated carbocycles. The SMILES string of the molecule is CC(CO)(COS(=O)(=O)O)COS(=O)(=O)O. The summed E-state index contributed by atoms with van der Waals surface area (Å²) in [5, 5.41) is 8.87. The van der Waals surface area contributed by atoms with Gasteiger partial charge in [0.2, 0.25) is 0 Å². The third kappa shape index (κ3) is 7.92. The van der Waals surface area contributed by atoms with Gasteiger partial charge in [-0.25, -0.2) is 8.37 Å². The molecule has 0 saturated heterocycles. The fourth-order valence-electron chi connectivity index (χ4n) is 0.566. The van der Waals surface area contributed by atoms with Crippen molar-refractivity contribution in [2.24, 2.45) is 5.41 Å². The Morgan fingerprint density at radius 2 is 1.31 bits per heavy atom. The summed E-state index contributed by atoms with van der Waals surface area (Å²) in [4.78, 5) is 0. The van der Waals surface area contributed by atoms with E-state index in [2.05, 4.69) is 8.37 Å². The second-order valence-corrected chi connectivity index (χ2v) is 5.53. The Kier molecular flexibility index (Phi) is 5.25. The number of hydrogen-bond acceptors (Lipinski definition) is 7. The molecule has 0 heterocycles. The van der Waals surface area contributed by atoms with Crippen molar-refractivity contribution in [3.05, 3.63) is 0 Å². The third-order valence-electron chi connectivity index (χ3n) is 1.49. The van der Waals surface area contributed by atoms with Crippen LogP contribution >= 0.6 is 0 Å². The molecule has 0 bridgehead atoms. The van der Waals surface area contributed by atoms with E-state index in [1.54, 1.807) is 0 Å². The molecule has 9 nitrogen and oxygen atoms in total. The maximum atomic E-state index is 10.2. The van der Waals surface area contributed by atoms with Crippen LogP contribution in [0, 0.1) is 5.41 Å². The third-order valence-corrected chi connectivity index (χ3v) is 2.33. The first kappa shape index (κ1) is 15.7. The summed E-state index contributed by atoms with van der Waals surface area (Å²) >= 11 is 0. The smallest absolute Gasteiger partial charge is 0.396 e. The fourth-order valence-corrected chi connectivity index (χ4v) is 1.43. The van der Waals surface area contributed by atoms with Crippen LogP contribution in [-0.4, -0.2) is 50.9 Å². The molecule has 0 aromatic rings. The zero-order valence-corrected chi connectivity index (χ0v) is 9.86. The van der Waals surface area contributed by atoms with Gasteiger partial charge >= 0.3 is 20.8 Å². The first-order chi connectivity index (χ1) is 6.97. The lowest BCUT2D eigenvalue weighted by molar-refractivity contribution is 0.0347. The number of aliphatic hydroxyl groups is 1. The van der Waals surface area contributed by atoms with Gasteiger partial charge in [0.15, 0.2) is 0 Å². The van der Waals surface area contributed by atoms with Gasteiger partial charge in [0.05, 0.1) is 19.8 Å². The van der Waals surface area contributed by atoms with E-state index in [-0.39, 0.29) is 0 Å². The Bertz CT molecular complexity index is 371. The van der Waals surface area contributed by atoms with Crippen LogP contribution in [0.25, 0.3) is 0 Å². The highest BCUT2D eigenvalue weighted by Gasteiger charge is 2.29. The molecule has 0 aliphatic heterocycles. The van der Waals surface area contributed by atoms with E-state index < -0.39 is 46.0 Å². The Balaban J connectivity index is 4.43. The van der Waals surface area contributed by atoms with Gasteiger partial charge in [0.1, 0.15) is 0 Å². The quantitative estimate of drug-likeness (QED) is 0.480. The van der Waals surface area contributed by atoms with Crippen molar-refractivity contribution in [2.75, 3.05) is 19.8 Å². The van der Waals surface area contributed by atoms with Crippen LogP contribution in [-0.2, 0) is 29.2 Å². The van der Waals surface area contributed by atoms with Gasteiger partial charge in [-0.3, -0.25) is 9.11 Å². The van der Waals surface area contributed by atoms with Crippen molar-refractivity contribution in [1.82, 2.24) is 0 Å². The van der Waals surface area contributed by atoms with Crippen molar-refractivity contribution in [1.29, 1.82) is 0 Å². The number of rotatable bonds is 7. The molecule has 0 unspecified atom stereocenters. The molecule has 0 fully saturated rings. The van der Waals surface area contributed by atoms with Gasteiger partial charge in [-0.1, -0.05) is 6.92 Å². The minimum absolute atomic E-state index is 0.682. The molecule has 0 rings (SSSR count). The maximum absolute atomic E-state index is 10.2. The molecule has 98 valence electrons. The highest BCUT2D eigenvalue weighted by molar-refractivity contribution is 7.81. The standard InChI is InChI=1S/C5H12O9S2/c1-5(2-6,3-13-15(7,8)9)4-14-16(10,11)12/h6H,2-4H2,1H3,(H,7,8,9)(H,10,11,12). The van der Waals surface area contributed by atoms with E-state index in [0.29, 0.717) is 0 Å². The molecular formula is C5H12O9S2. The van der Waals surface area contributed by atoms with Crippen molar-refractivity contribution in [3.63, 3.8) is 0 Å². The Morgan fingerprint density at radius 3 is 1.50 bits per heavy atom. The molecule has 0 aliphatic rings. The van der Waals surface area contributed by atoms with Crippen molar-refractivity contribution in [3.8, 4) is 0 Å². The zero-order valence-electron chi connectivity index (χ0n) is 8.23. The molecule has 0 aromatic carbocycles. The number of hydrogen-bond donors (Lipinski definition) is 3. The monoisotopic (exact) mass is 280 g/mol. The molecular weight excluding hydrogens is 268 g/mol. The molecule has 0 aromatic heterocycles. The van der Waals surface area contributed by atoms with E-state index in [1.165, 1.54) is 6.92 Å². The highest BCUT2D eigenvalue weighted by Crippen LogP contribution is 2.18. The van der Waals surface area contributed by atoms with Crippen LogP contribution in [0.1, 0.15) is 6.92 Å². The summed E-state index contributed by atoms with van der Waals surface area (Å²) in [7, 11) is -9.40. The Morgan fingerprint density at radius 1 is 1.00 bits per heavy atom. The molecule has 11 heteroatoms. The van der Waals surface area contributed by atoms with Crippen LogP contribution in [0.4, 0.5) is 0 Å². The first-order valence-corrected chi connectivity index (χ1v) is 6.55. The van der Waals surface area contributed by atoms with Crippen LogP contribution in [0.5, 0.6) is 0 Å². The second-order valence-electron chi connectivity index (χ2n) is 3.35. The van der Waals surface area contributed by atoms with Gasteiger partial charge in [-0.2, -0.15) is 16.8 Å². The largest absolute Gasteiger partial charge is 0.397 e. The van der Waals surface area contributed by atoms with E-state index in [4.69, 9.17) is 14.2 Å². The van der Waals surface area contributed by atoms with Gasteiger partial charge in [0, 0.05) is 5.41 Å². The summed E-state index contributed by atoms with van der Waals surface area (Å²) in [6, 6.07) is 0. The summed E-state index contributed by atoms with van der Waals surface area (Å²) in [6.07, 6.45) is 0.